The Morgan fingerprint density at radius 3 is 2.89 bits per heavy atom. The maximum Gasteiger partial charge on any atom is 0.134 e. The summed E-state index contributed by atoms with van der Waals surface area (Å²) >= 11 is 0. The number of halogens is 2. The Balaban J connectivity index is 2.28. The third-order valence-electron chi connectivity index (χ3n) is 2.45. The molecule has 2 nitrogen and oxygen atoms in total. The number of hydrogen-bond acceptors (Lipinski definition) is 2. The number of benzene rings is 1. The van der Waals surface area contributed by atoms with Gasteiger partial charge < -0.3 is 0 Å². The quantitative estimate of drug-likeness (QED) is 0.581. The van der Waals surface area contributed by atoms with E-state index >= 15 is 0 Å². The third kappa shape index (κ3) is 2.67. The first-order valence-electron chi connectivity index (χ1n) is 5.31. The highest BCUT2D eigenvalue weighted by Gasteiger charge is 2.07. The summed E-state index contributed by atoms with van der Waals surface area (Å²) in [5.41, 5.74) is 1.02. The van der Waals surface area contributed by atoms with Gasteiger partial charge in [0.2, 0.25) is 0 Å². The van der Waals surface area contributed by atoms with Gasteiger partial charge in [0, 0.05) is 24.3 Å². The minimum atomic E-state index is -0.692. The van der Waals surface area contributed by atoms with E-state index in [-0.39, 0.29) is 5.56 Å². The fourth-order valence-corrected chi connectivity index (χ4v) is 1.51. The smallest absolute Gasteiger partial charge is 0.134 e. The van der Waals surface area contributed by atoms with Crippen LogP contribution in [0.4, 0.5) is 8.78 Å². The second-order valence-electron chi connectivity index (χ2n) is 3.69. The standard InChI is InChI=1S/C14H9F2NO/c15-12-6-5-10(13(16)7-12)8-17-14-4-2-1-3-11(14)9-18/h1-2,4-8H,3H2. The number of hydrogen-bond donors (Lipinski definition) is 0. The zero-order valence-corrected chi connectivity index (χ0v) is 9.36. The Morgan fingerprint density at radius 1 is 1.33 bits per heavy atom. The predicted octanol–water partition coefficient (Wildman–Crippen LogP) is 2.99. The molecule has 0 amide bonds. The lowest BCUT2D eigenvalue weighted by Gasteiger charge is -2.04. The van der Waals surface area contributed by atoms with E-state index in [1.165, 1.54) is 12.3 Å². The van der Waals surface area contributed by atoms with Gasteiger partial charge in [-0.1, -0.05) is 12.2 Å². The zero-order valence-electron chi connectivity index (χ0n) is 9.36. The van der Waals surface area contributed by atoms with Crippen molar-refractivity contribution < 1.29 is 13.6 Å². The van der Waals surface area contributed by atoms with E-state index in [1.54, 1.807) is 24.2 Å². The molecule has 2 rings (SSSR count). The first kappa shape index (κ1) is 12.1. The van der Waals surface area contributed by atoms with E-state index in [2.05, 4.69) is 4.99 Å². The van der Waals surface area contributed by atoms with Crippen molar-refractivity contribution in [3.63, 3.8) is 0 Å². The Kier molecular flexibility index (Phi) is 3.60. The molecule has 0 saturated carbocycles. The van der Waals surface area contributed by atoms with Gasteiger partial charge in [-0.05, 0) is 18.2 Å². The summed E-state index contributed by atoms with van der Waals surface area (Å²) in [5, 5.41) is 0. The molecule has 1 aromatic rings. The van der Waals surface area contributed by atoms with Crippen molar-refractivity contribution in [2.24, 2.45) is 4.99 Å². The van der Waals surface area contributed by atoms with Crippen LogP contribution >= 0.6 is 0 Å². The highest BCUT2D eigenvalue weighted by atomic mass is 19.1. The van der Waals surface area contributed by atoms with E-state index in [9.17, 15) is 13.6 Å². The topological polar surface area (TPSA) is 29.4 Å². The zero-order chi connectivity index (χ0) is 13.0. The molecule has 1 aromatic carbocycles. The number of allylic oxidation sites excluding steroid dienone is 4. The van der Waals surface area contributed by atoms with Crippen LogP contribution in [0.1, 0.15) is 12.0 Å². The number of rotatable bonds is 2. The molecule has 0 radical (unpaired) electrons. The molecule has 0 atom stereocenters. The maximum atomic E-state index is 13.3. The highest BCUT2D eigenvalue weighted by molar-refractivity contribution is 5.82. The van der Waals surface area contributed by atoms with Crippen LogP contribution in [0.25, 0.3) is 0 Å². The molecule has 0 bridgehead atoms. The van der Waals surface area contributed by atoms with Crippen molar-refractivity contribution >= 4 is 12.2 Å². The van der Waals surface area contributed by atoms with Gasteiger partial charge >= 0.3 is 0 Å². The summed E-state index contributed by atoms with van der Waals surface area (Å²) in [6.07, 6.45) is 6.92. The average molecular weight is 245 g/mol. The fraction of sp³-hybridized carbons (Fsp3) is 0.0714. The van der Waals surface area contributed by atoms with Gasteiger partial charge in [0.1, 0.15) is 17.6 Å². The second kappa shape index (κ2) is 5.34. The molecule has 4 heteroatoms. The Morgan fingerprint density at radius 2 is 2.17 bits per heavy atom. The van der Waals surface area contributed by atoms with Crippen LogP contribution < -0.4 is 0 Å². The summed E-state index contributed by atoms with van der Waals surface area (Å²) < 4.78 is 26.0. The van der Waals surface area contributed by atoms with E-state index in [4.69, 9.17) is 0 Å². The molecule has 0 aromatic heterocycles. The summed E-state index contributed by atoms with van der Waals surface area (Å²) in [7, 11) is 0. The molecule has 0 unspecified atom stereocenters. The van der Waals surface area contributed by atoms with E-state index < -0.39 is 11.6 Å². The van der Waals surface area contributed by atoms with E-state index in [0.29, 0.717) is 17.7 Å². The number of nitrogens with zero attached hydrogens (tertiary/aromatic N) is 1. The van der Waals surface area contributed by atoms with Crippen LogP contribution in [0.5, 0.6) is 0 Å². The Hall–Kier alpha value is -2.32. The van der Waals surface area contributed by atoms with Crippen molar-refractivity contribution in [3.8, 4) is 0 Å². The van der Waals surface area contributed by atoms with Gasteiger partial charge in [-0.3, -0.25) is 4.99 Å². The van der Waals surface area contributed by atoms with Crippen LogP contribution in [-0.4, -0.2) is 12.2 Å². The molecule has 0 spiro atoms. The molecule has 1 aliphatic rings. The maximum absolute atomic E-state index is 13.3. The molecule has 0 saturated heterocycles. The minimum Gasteiger partial charge on any atom is -0.255 e. The molecular weight excluding hydrogens is 236 g/mol. The Labute approximate surface area is 103 Å². The largest absolute Gasteiger partial charge is 0.255 e. The van der Waals surface area contributed by atoms with Crippen LogP contribution in [0, 0.1) is 11.6 Å². The minimum absolute atomic E-state index is 0.164. The molecule has 18 heavy (non-hydrogen) atoms. The summed E-state index contributed by atoms with van der Waals surface area (Å²) in [6, 6.07) is 3.22. The second-order valence-corrected chi connectivity index (χ2v) is 3.69. The third-order valence-corrected chi connectivity index (χ3v) is 2.45. The van der Waals surface area contributed by atoms with Crippen molar-refractivity contribution in [1.82, 2.24) is 0 Å². The van der Waals surface area contributed by atoms with Gasteiger partial charge in [-0.25, -0.2) is 13.6 Å². The summed E-state index contributed by atoms with van der Waals surface area (Å²) in [5.74, 6) is 0.461. The number of aliphatic imine (C=N–C) groups is 1. The summed E-state index contributed by atoms with van der Waals surface area (Å²) in [4.78, 5) is 14.7. The van der Waals surface area contributed by atoms with E-state index in [1.807, 2.05) is 0 Å². The lowest BCUT2D eigenvalue weighted by molar-refractivity contribution is 0.567. The number of carbonyl (C=O) groups excluding carboxylic acids is 1. The monoisotopic (exact) mass is 245 g/mol. The van der Waals surface area contributed by atoms with Gasteiger partial charge in [-0.15, -0.1) is 0 Å². The van der Waals surface area contributed by atoms with Gasteiger partial charge in [-0.2, -0.15) is 0 Å². The first-order valence-corrected chi connectivity index (χ1v) is 5.31. The molecule has 0 heterocycles. The predicted molar refractivity (Wildman–Crippen MR) is 65.0 cm³/mol. The fourth-order valence-electron chi connectivity index (χ4n) is 1.51. The van der Waals surface area contributed by atoms with E-state index in [0.717, 1.165) is 12.1 Å². The average Bonchev–Trinajstić information content (AvgIpc) is 2.38. The van der Waals surface area contributed by atoms with Crippen molar-refractivity contribution in [2.45, 2.75) is 6.42 Å². The SMILES string of the molecule is O=C=C1CC=CC=C1N=Cc1ccc(F)cc1F. The lowest BCUT2D eigenvalue weighted by Crippen LogP contribution is -1.94. The first-order chi connectivity index (χ1) is 8.70. The van der Waals surface area contributed by atoms with Gasteiger partial charge in [0.15, 0.2) is 0 Å². The lowest BCUT2D eigenvalue weighted by atomic mass is 10.1. The highest BCUT2D eigenvalue weighted by Crippen LogP contribution is 2.18. The molecule has 1 aliphatic carbocycles. The van der Waals surface area contributed by atoms with Crippen LogP contribution in [-0.2, 0) is 4.79 Å². The normalized spacial score (nSPS) is 14.8. The molecule has 0 aliphatic heterocycles. The van der Waals surface area contributed by atoms with Crippen molar-refractivity contribution in [1.29, 1.82) is 0 Å². The molecule has 0 fully saturated rings. The molecule has 90 valence electrons. The Bertz CT molecular complexity index is 608. The van der Waals surface area contributed by atoms with Crippen molar-refractivity contribution in [3.05, 3.63) is 64.9 Å². The van der Waals surface area contributed by atoms with Gasteiger partial charge in [0.25, 0.3) is 0 Å². The van der Waals surface area contributed by atoms with Crippen LogP contribution in [0.2, 0.25) is 0 Å². The van der Waals surface area contributed by atoms with Crippen molar-refractivity contribution in [2.75, 3.05) is 0 Å². The van der Waals surface area contributed by atoms with Gasteiger partial charge in [0.05, 0.1) is 11.3 Å². The van der Waals surface area contributed by atoms with Crippen LogP contribution in [0.15, 0.2) is 52.7 Å². The summed E-state index contributed by atoms with van der Waals surface area (Å²) in [6.45, 7) is 0. The van der Waals surface area contributed by atoms with Crippen LogP contribution in [0.3, 0.4) is 0 Å². The molecular formula is C14H9F2NO. The molecule has 0 N–H and O–H groups in total.